The second-order valence-corrected chi connectivity index (χ2v) is 9.11. The number of carbonyl (C=O) groups is 1. The van der Waals surface area contributed by atoms with Crippen molar-refractivity contribution in [3.8, 4) is 0 Å². The van der Waals surface area contributed by atoms with E-state index in [4.69, 9.17) is 0 Å². The topological polar surface area (TPSA) is 69.7 Å². The van der Waals surface area contributed by atoms with Gasteiger partial charge in [0, 0.05) is 38.1 Å². The molecule has 1 amide bonds. The van der Waals surface area contributed by atoms with Crippen LogP contribution in [0.2, 0.25) is 0 Å². The third-order valence-corrected chi connectivity index (χ3v) is 7.45. The van der Waals surface area contributed by atoms with E-state index in [0.29, 0.717) is 23.8 Å². The van der Waals surface area contributed by atoms with E-state index in [1.54, 1.807) is 28.4 Å². The Bertz CT molecular complexity index is 628. The summed E-state index contributed by atoms with van der Waals surface area (Å²) in [6.45, 7) is 2.57. The highest BCUT2D eigenvalue weighted by atomic mass is 35.5. The molecule has 0 aliphatic carbocycles. The van der Waals surface area contributed by atoms with Crippen LogP contribution in [0, 0.1) is 0 Å². The molecule has 2 heterocycles. The number of sulfonamides is 1. The van der Waals surface area contributed by atoms with Gasteiger partial charge in [-0.25, -0.2) is 8.42 Å². The van der Waals surface area contributed by atoms with Crippen molar-refractivity contribution in [2.75, 3.05) is 40.3 Å². The Morgan fingerprint density at radius 2 is 1.96 bits per heavy atom. The normalized spacial score (nSPS) is 15.8. The van der Waals surface area contributed by atoms with E-state index in [1.807, 2.05) is 7.05 Å². The quantitative estimate of drug-likeness (QED) is 0.760. The number of rotatable bonds is 7. The predicted molar refractivity (Wildman–Crippen MR) is 99.4 cm³/mol. The van der Waals surface area contributed by atoms with Gasteiger partial charge >= 0.3 is 0 Å². The van der Waals surface area contributed by atoms with Crippen LogP contribution in [0.3, 0.4) is 0 Å². The van der Waals surface area contributed by atoms with Crippen molar-refractivity contribution in [2.24, 2.45) is 0 Å². The smallest absolute Gasteiger partial charge is 0.252 e. The highest BCUT2D eigenvalue weighted by molar-refractivity contribution is 7.91. The lowest BCUT2D eigenvalue weighted by Gasteiger charge is -2.25. The fraction of sp³-hybridized carbons (Fsp3) is 0.667. The first kappa shape index (κ1) is 21.4. The van der Waals surface area contributed by atoms with Crippen LogP contribution in [0.4, 0.5) is 0 Å². The molecule has 0 spiro atoms. The van der Waals surface area contributed by atoms with Gasteiger partial charge < -0.3 is 10.2 Å². The number of hydrogen-bond acceptors (Lipinski definition) is 5. The monoisotopic (exact) mass is 395 g/mol. The molecule has 0 saturated carbocycles. The number of carbonyl (C=O) groups excluding carboxylic acids is 1. The number of likely N-dealkylation sites (N-methyl/N-ethyl adjacent to an activating group) is 2. The summed E-state index contributed by atoms with van der Waals surface area (Å²) in [5.74, 6) is 0.00372. The first-order valence-corrected chi connectivity index (χ1v) is 10.2. The van der Waals surface area contributed by atoms with Crippen LogP contribution in [0.25, 0.3) is 0 Å². The number of halogens is 1. The van der Waals surface area contributed by atoms with E-state index < -0.39 is 10.0 Å². The highest BCUT2D eigenvalue weighted by Crippen LogP contribution is 2.27. The van der Waals surface area contributed by atoms with Crippen molar-refractivity contribution in [3.63, 3.8) is 0 Å². The van der Waals surface area contributed by atoms with Crippen molar-refractivity contribution in [1.29, 1.82) is 0 Å². The lowest BCUT2D eigenvalue weighted by molar-refractivity contribution is -0.129. The van der Waals surface area contributed by atoms with Gasteiger partial charge in [-0.05, 0) is 32.0 Å². The number of piperidine rings is 1. The molecule has 1 aliphatic heterocycles. The molecule has 0 unspecified atom stereocenters. The van der Waals surface area contributed by atoms with E-state index in [0.717, 1.165) is 30.7 Å². The molecule has 0 atom stereocenters. The molecule has 1 N–H and O–H groups in total. The molecule has 0 radical (unpaired) electrons. The molecule has 24 heavy (non-hydrogen) atoms. The number of thiophene rings is 1. The van der Waals surface area contributed by atoms with Gasteiger partial charge in [0.15, 0.2) is 0 Å². The zero-order valence-corrected chi connectivity index (χ0v) is 16.6. The van der Waals surface area contributed by atoms with Crippen molar-refractivity contribution >= 4 is 39.7 Å². The summed E-state index contributed by atoms with van der Waals surface area (Å²) in [6, 6.07) is 3.39. The van der Waals surface area contributed by atoms with E-state index in [-0.39, 0.29) is 24.7 Å². The Kier molecular flexibility index (Phi) is 8.66. The van der Waals surface area contributed by atoms with Crippen molar-refractivity contribution < 1.29 is 13.2 Å². The summed E-state index contributed by atoms with van der Waals surface area (Å²) in [5, 5.41) is 3.00. The van der Waals surface area contributed by atoms with Crippen LogP contribution >= 0.6 is 23.7 Å². The summed E-state index contributed by atoms with van der Waals surface area (Å²) >= 11 is 1.21. The van der Waals surface area contributed by atoms with E-state index in [2.05, 4.69) is 5.32 Å². The molecule has 9 heteroatoms. The first-order chi connectivity index (χ1) is 10.9. The van der Waals surface area contributed by atoms with Gasteiger partial charge in [-0.2, -0.15) is 4.31 Å². The standard InChI is InChI=1S/C15H25N3O3S2.ClH/c1-16-8-11-17(2)14(19)12-13-6-7-15(22-13)23(20,21)18-9-4-3-5-10-18;/h6-7,16H,3-5,8-12H2,1-2H3;1H. The molecule has 1 aromatic rings. The Hall–Kier alpha value is -0.670. The highest BCUT2D eigenvalue weighted by Gasteiger charge is 2.27. The summed E-state index contributed by atoms with van der Waals surface area (Å²) < 4.78 is 27.1. The molecule has 1 fully saturated rings. The lowest BCUT2D eigenvalue weighted by atomic mass is 10.2. The Morgan fingerprint density at radius 1 is 1.29 bits per heavy atom. The lowest BCUT2D eigenvalue weighted by Crippen LogP contribution is -2.35. The van der Waals surface area contributed by atoms with Gasteiger partial charge in [0.25, 0.3) is 10.0 Å². The maximum Gasteiger partial charge on any atom is 0.252 e. The van der Waals surface area contributed by atoms with Gasteiger partial charge in [0.05, 0.1) is 6.42 Å². The molecule has 1 saturated heterocycles. The predicted octanol–water partition coefficient (Wildman–Crippen LogP) is 1.56. The molecule has 1 aromatic heterocycles. The zero-order chi connectivity index (χ0) is 16.9. The third kappa shape index (κ3) is 5.42. The Labute approximate surface area is 154 Å². The molecule has 1 aliphatic rings. The molecule has 0 aromatic carbocycles. The average molecular weight is 396 g/mol. The zero-order valence-electron chi connectivity index (χ0n) is 14.2. The SMILES string of the molecule is CNCCN(C)C(=O)Cc1ccc(S(=O)(=O)N2CCCCC2)s1.Cl. The summed E-state index contributed by atoms with van der Waals surface area (Å²) in [4.78, 5) is 14.6. The van der Waals surface area contributed by atoms with Gasteiger partial charge in [-0.1, -0.05) is 6.42 Å². The van der Waals surface area contributed by atoms with E-state index >= 15 is 0 Å². The van der Waals surface area contributed by atoms with Crippen molar-refractivity contribution in [3.05, 3.63) is 17.0 Å². The van der Waals surface area contributed by atoms with Gasteiger partial charge in [-0.3, -0.25) is 4.79 Å². The molecular weight excluding hydrogens is 370 g/mol. The van der Waals surface area contributed by atoms with Gasteiger partial charge in [0.2, 0.25) is 5.91 Å². The molecular formula is C15H26ClN3O3S2. The Morgan fingerprint density at radius 3 is 2.58 bits per heavy atom. The second-order valence-electron chi connectivity index (χ2n) is 5.78. The molecule has 2 rings (SSSR count). The number of nitrogens with one attached hydrogen (secondary N) is 1. The summed E-state index contributed by atoms with van der Waals surface area (Å²) in [7, 11) is 0.211. The number of nitrogens with zero attached hydrogens (tertiary/aromatic N) is 2. The van der Waals surface area contributed by atoms with Gasteiger partial charge in [-0.15, -0.1) is 23.7 Å². The minimum Gasteiger partial charge on any atom is -0.344 e. The van der Waals surface area contributed by atoms with Crippen LogP contribution in [0.1, 0.15) is 24.1 Å². The van der Waals surface area contributed by atoms with Crippen LogP contribution < -0.4 is 5.32 Å². The van der Waals surface area contributed by atoms with Crippen molar-refractivity contribution in [2.45, 2.75) is 29.9 Å². The van der Waals surface area contributed by atoms with E-state index in [1.165, 1.54) is 11.3 Å². The average Bonchev–Trinajstić information content (AvgIpc) is 3.02. The van der Waals surface area contributed by atoms with Crippen LogP contribution in [0.15, 0.2) is 16.3 Å². The summed E-state index contributed by atoms with van der Waals surface area (Å²) in [5.41, 5.74) is 0. The molecule has 0 bridgehead atoms. The minimum atomic E-state index is -3.39. The number of amides is 1. The van der Waals surface area contributed by atoms with Crippen LogP contribution in [0.5, 0.6) is 0 Å². The summed E-state index contributed by atoms with van der Waals surface area (Å²) in [6.07, 6.45) is 3.19. The van der Waals surface area contributed by atoms with Crippen LogP contribution in [-0.4, -0.2) is 63.8 Å². The first-order valence-electron chi connectivity index (χ1n) is 7.92. The van der Waals surface area contributed by atoms with Crippen molar-refractivity contribution in [1.82, 2.24) is 14.5 Å². The Balaban J connectivity index is 0.00000288. The maximum absolute atomic E-state index is 12.6. The van der Waals surface area contributed by atoms with E-state index in [9.17, 15) is 13.2 Å². The maximum atomic E-state index is 12.6. The molecule has 6 nitrogen and oxygen atoms in total. The largest absolute Gasteiger partial charge is 0.344 e. The van der Waals surface area contributed by atoms with Crippen LogP contribution in [-0.2, 0) is 21.2 Å². The number of hydrogen-bond donors (Lipinski definition) is 1. The fourth-order valence-corrected chi connectivity index (χ4v) is 5.53. The fourth-order valence-electron chi connectivity index (χ4n) is 2.51. The third-order valence-electron chi connectivity index (χ3n) is 3.99. The second kappa shape index (κ2) is 9.72. The van der Waals surface area contributed by atoms with Gasteiger partial charge in [0.1, 0.15) is 4.21 Å². The molecule has 138 valence electrons. The minimum absolute atomic E-state index is 0.